The lowest BCUT2D eigenvalue weighted by molar-refractivity contribution is -0.143. The number of carboxylic acid groups (broad SMARTS) is 2. The number of Topliss-reactive ketones (excluding diaryl/α,β-unsaturated/α-hetero) is 1. The van der Waals surface area contributed by atoms with Crippen molar-refractivity contribution in [1.82, 2.24) is 31.9 Å². The minimum Gasteiger partial charge on any atom is -0.481 e. The number of carboxylic acids is 2. The van der Waals surface area contributed by atoms with Crippen LogP contribution in [0.1, 0.15) is 193 Å². The van der Waals surface area contributed by atoms with Crippen LogP contribution < -0.4 is 31.9 Å². The molecule has 0 aromatic rings. The van der Waals surface area contributed by atoms with Crippen molar-refractivity contribution in [3.63, 3.8) is 0 Å². The van der Waals surface area contributed by atoms with Crippen LogP contribution in [-0.2, 0) is 47.8 Å². The van der Waals surface area contributed by atoms with Crippen LogP contribution in [0.25, 0.3) is 0 Å². The van der Waals surface area contributed by atoms with E-state index in [-0.39, 0.29) is 118 Å². The van der Waals surface area contributed by atoms with Crippen LogP contribution in [0.4, 0.5) is 0 Å². The zero-order chi connectivity index (χ0) is 50.7. The Morgan fingerprint density at radius 2 is 0.928 bits per heavy atom. The molecule has 0 unspecified atom stereocenters. The van der Waals surface area contributed by atoms with Gasteiger partial charge in [-0.15, -0.1) is 0 Å². The van der Waals surface area contributed by atoms with Gasteiger partial charge < -0.3 is 51.6 Å². The van der Waals surface area contributed by atoms with Gasteiger partial charge in [0.2, 0.25) is 29.5 Å². The average molecular weight is 981 g/mol. The number of rotatable bonds is 46. The highest BCUT2D eigenvalue weighted by Crippen LogP contribution is 2.29. The Morgan fingerprint density at radius 3 is 1.39 bits per heavy atom. The second kappa shape index (κ2) is 42.7. The molecule has 5 amide bonds. The van der Waals surface area contributed by atoms with Gasteiger partial charge in [-0.25, -0.2) is 4.79 Å². The molecule has 0 aromatic heterocycles. The fourth-order valence-electron chi connectivity index (χ4n) is 8.43. The standard InChI is InChI=1S/C51H92N6O12/c1-40(58)43(52-2)21-19-20-32-53-47(61)30-31-48(62)55-34-36-69-38-37-68-35-33-54-46(60)29-28-44(51(66)67)57-50(65)42-26-24-41(25-27-42)39-56-45(59)22-17-15-13-11-9-7-5-3-4-6-8-10-12-14-16-18-23-49(63)64/h41-44,52H,3-39H2,1-2H3,(H,53,61)(H,54,60)(H,55,62)(H,56,59)(H,57,65)(H,63,64)(H,66,67)/t41-,42-,43-,44-/m0/s1. The molecule has 0 heterocycles. The summed E-state index contributed by atoms with van der Waals surface area (Å²) in [5, 5.41) is 35.2. The number of likely N-dealkylation sites (N-methyl/N-ethyl adjacent to an activating group) is 1. The van der Waals surface area contributed by atoms with Crippen LogP contribution in [0.2, 0.25) is 0 Å². The smallest absolute Gasteiger partial charge is 0.326 e. The number of unbranched alkanes of at least 4 members (excludes halogenated alkanes) is 16. The number of carbonyl (C=O) groups excluding carboxylic acids is 6. The lowest BCUT2D eigenvalue weighted by Gasteiger charge is -2.28. The molecule has 69 heavy (non-hydrogen) atoms. The zero-order valence-corrected chi connectivity index (χ0v) is 42.4. The first-order valence-electron chi connectivity index (χ1n) is 26.5. The summed E-state index contributed by atoms with van der Waals surface area (Å²) < 4.78 is 10.9. The van der Waals surface area contributed by atoms with Crippen LogP contribution >= 0.6 is 0 Å². The monoisotopic (exact) mass is 981 g/mol. The van der Waals surface area contributed by atoms with Crippen molar-refractivity contribution in [1.29, 1.82) is 0 Å². The van der Waals surface area contributed by atoms with E-state index in [0.717, 1.165) is 64.2 Å². The molecule has 1 saturated carbocycles. The third-order valence-electron chi connectivity index (χ3n) is 12.8. The summed E-state index contributed by atoms with van der Waals surface area (Å²) in [6.07, 6.45) is 24.7. The summed E-state index contributed by atoms with van der Waals surface area (Å²) in [6, 6.07) is -1.34. The molecule has 1 rings (SSSR count). The predicted octanol–water partition coefficient (Wildman–Crippen LogP) is 5.87. The molecule has 398 valence electrons. The summed E-state index contributed by atoms with van der Waals surface area (Å²) >= 11 is 0. The first kappa shape index (κ1) is 62.9. The molecule has 0 bridgehead atoms. The molecular formula is C51H92N6O12. The minimum absolute atomic E-state index is 0.0438. The van der Waals surface area contributed by atoms with Gasteiger partial charge in [0.05, 0.1) is 32.5 Å². The van der Waals surface area contributed by atoms with E-state index in [1.807, 2.05) is 0 Å². The van der Waals surface area contributed by atoms with E-state index < -0.39 is 18.0 Å². The normalized spacial score (nSPS) is 15.4. The van der Waals surface area contributed by atoms with Crippen LogP contribution in [0.15, 0.2) is 0 Å². The Balaban J connectivity index is 2.00. The molecule has 0 saturated heterocycles. The number of ether oxygens (including phenoxy) is 2. The summed E-state index contributed by atoms with van der Waals surface area (Å²) in [5.74, 6) is -2.86. The van der Waals surface area contributed by atoms with Crippen LogP contribution in [-0.4, -0.2) is 129 Å². The van der Waals surface area contributed by atoms with E-state index >= 15 is 0 Å². The summed E-state index contributed by atoms with van der Waals surface area (Å²) in [4.78, 5) is 95.7. The summed E-state index contributed by atoms with van der Waals surface area (Å²) in [7, 11) is 1.75. The molecule has 1 fully saturated rings. The molecule has 8 N–H and O–H groups in total. The molecule has 2 atom stereocenters. The Hall–Kier alpha value is -4.16. The molecule has 1 aliphatic rings. The highest BCUT2D eigenvalue weighted by Gasteiger charge is 2.30. The molecule has 18 heteroatoms. The number of aliphatic carboxylic acids is 2. The van der Waals surface area contributed by atoms with Gasteiger partial charge in [-0.1, -0.05) is 89.9 Å². The van der Waals surface area contributed by atoms with Crippen molar-refractivity contribution >= 4 is 47.3 Å². The summed E-state index contributed by atoms with van der Waals surface area (Å²) in [5.41, 5.74) is 0. The number of nitrogens with one attached hydrogen (secondary N) is 6. The second-order valence-corrected chi connectivity index (χ2v) is 18.7. The van der Waals surface area contributed by atoms with Crippen molar-refractivity contribution in [3.8, 4) is 0 Å². The first-order valence-corrected chi connectivity index (χ1v) is 26.5. The maximum absolute atomic E-state index is 13.0. The summed E-state index contributed by atoms with van der Waals surface area (Å²) in [6.45, 7) is 4.17. The minimum atomic E-state index is -1.19. The Morgan fingerprint density at radius 1 is 0.478 bits per heavy atom. The first-order chi connectivity index (χ1) is 33.3. The van der Waals surface area contributed by atoms with E-state index in [0.29, 0.717) is 45.2 Å². The highest BCUT2D eigenvalue weighted by molar-refractivity contribution is 5.86. The molecule has 1 aliphatic carbocycles. The Bertz CT molecular complexity index is 1440. The van der Waals surface area contributed by atoms with Crippen molar-refractivity contribution < 1.29 is 58.0 Å². The van der Waals surface area contributed by atoms with Gasteiger partial charge in [-0.05, 0) is 84.1 Å². The average Bonchev–Trinajstić information content (AvgIpc) is 3.32. The number of hydrogen-bond donors (Lipinski definition) is 8. The van der Waals surface area contributed by atoms with E-state index in [9.17, 15) is 43.5 Å². The third kappa shape index (κ3) is 37.4. The maximum Gasteiger partial charge on any atom is 0.326 e. The lowest BCUT2D eigenvalue weighted by Crippen LogP contribution is -2.45. The van der Waals surface area contributed by atoms with Gasteiger partial charge in [0, 0.05) is 64.2 Å². The van der Waals surface area contributed by atoms with E-state index in [2.05, 4.69) is 31.9 Å². The van der Waals surface area contributed by atoms with Crippen molar-refractivity contribution in [2.24, 2.45) is 11.8 Å². The number of ketones is 1. The molecule has 0 spiro atoms. The SMILES string of the molecule is CN[C@@H](CCCCNC(=O)CCC(=O)NCCOCCOCCNC(=O)CC[C@H](NC(=O)[C@H]1CC[C@H](CNC(=O)CCCCCCCCCCCCCCCCCCC(=O)O)CC1)C(=O)O)C(C)=O. The fourth-order valence-corrected chi connectivity index (χ4v) is 8.43. The van der Waals surface area contributed by atoms with Crippen LogP contribution in [0, 0.1) is 11.8 Å². The Labute approximate surface area is 412 Å². The zero-order valence-electron chi connectivity index (χ0n) is 42.4. The maximum atomic E-state index is 13.0. The second-order valence-electron chi connectivity index (χ2n) is 18.7. The van der Waals surface area contributed by atoms with Crippen molar-refractivity contribution in [2.75, 3.05) is 59.7 Å². The van der Waals surface area contributed by atoms with Gasteiger partial charge in [0.25, 0.3) is 0 Å². The number of amides is 5. The van der Waals surface area contributed by atoms with Crippen molar-refractivity contribution in [2.45, 2.75) is 205 Å². The van der Waals surface area contributed by atoms with E-state index in [4.69, 9.17) is 14.6 Å². The van der Waals surface area contributed by atoms with Gasteiger partial charge in [0.1, 0.15) is 11.8 Å². The third-order valence-corrected chi connectivity index (χ3v) is 12.8. The molecule has 0 radical (unpaired) electrons. The van der Waals surface area contributed by atoms with Gasteiger partial charge in [-0.3, -0.25) is 33.6 Å². The largest absolute Gasteiger partial charge is 0.481 e. The quantitative estimate of drug-likeness (QED) is 0.0332. The van der Waals surface area contributed by atoms with Crippen LogP contribution in [0.5, 0.6) is 0 Å². The van der Waals surface area contributed by atoms with E-state index in [1.54, 1.807) is 14.0 Å². The van der Waals surface area contributed by atoms with Gasteiger partial charge >= 0.3 is 11.9 Å². The number of hydrogen-bond acceptors (Lipinski definition) is 11. The van der Waals surface area contributed by atoms with Gasteiger partial charge in [-0.2, -0.15) is 0 Å². The van der Waals surface area contributed by atoms with E-state index in [1.165, 1.54) is 64.2 Å². The molecule has 0 aliphatic heterocycles. The molecular weight excluding hydrogens is 889 g/mol. The highest BCUT2D eigenvalue weighted by atomic mass is 16.5. The lowest BCUT2D eigenvalue weighted by atomic mass is 9.81. The molecule has 0 aromatic carbocycles. The fraction of sp³-hybridized carbons (Fsp3) is 0.843. The predicted molar refractivity (Wildman–Crippen MR) is 265 cm³/mol. The Kier molecular flexibility index (Phi) is 38.9. The molecule has 18 nitrogen and oxygen atoms in total. The number of carbonyl (C=O) groups is 8. The topological polar surface area (TPSA) is 268 Å². The van der Waals surface area contributed by atoms with Gasteiger partial charge in [0.15, 0.2) is 0 Å². The van der Waals surface area contributed by atoms with Crippen LogP contribution in [0.3, 0.4) is 0 Å². The van der Waals surface area contributed by atoms with Crippen molar-refractivity contribution in [3.05, 3.63) is 0 Å².